The van der Waals surface area contributed by atoms with E-state index in [1.807, 2.05) is 30.3 Å². The topological polar surface area (TPSA) is 85.4 Å². The van der Waals surface area contributed by atoms with Gasteiger partial charge in [0, 0.05) is 12.6 Å². The van der Waals surface area contributed by atoms with Crippen LogP contribution in [0.5, 0.6) is 0 Å². The number of nitrogens with zero attached hydrogens (tertiary/aromatic N) is 4. The minimum Gasteiger partial charge on any atom is -0.362 e. The Morgan fingerprint density at radius 2 is 2.00 bits per heavy atom. The molecule has 106 valence electrons. The predicted molar refractivity (Wildman–Crippen MR) is 78.4 cm³/mol. The van der Waals surface area contributed by atoms with Crippen molar-refractivity contribution < 1.29 is 4.92 Å². The van der Waals surface area contributed by atoms with Crippen molar-refractivity contribution in [1.82, 2.24) is 14.6 Å². The molecule has 2 aromatic heterocycles. The largest absolute Gasteiger partial charge is 0.362 e. The van der Waals surface area contributed by atoms with Gasteiger partial charge in [-0.1, -0.05) is 34.8 Å². The maximum absolute atomic E-state index is 10.9. The number of nitrogens with one attached hydrogen (secondary N) is 1. The summed E-state index contributed by atoms with van der Waals surface area (Å²) in [6, 6.07) is 12.7. The molecule has 0 radical (unpaired) electrons. The zero-order valence-electron chi connectivity index (χ0n) is 10.7. The van der Waals surface area contributed by atoms with Crippen LogP contribution in [-0.2, 0) is 6.54 Å². The fraction of sp³-hybridized carbons (Fsp3) is 0.0769. The molecule has 0 aliphatic rings. The molecule has 0 spiro atoms. The third-order valence-electron chi connectivity index (χ3n) is 2.95. The van der Waals surface area contributed by atoms with Gasteiger partial charge in [0.2, 0.25) is 0 Å². The Hall–Kier alpha value is -2.67. The van der Waals surface area contributed by atoms with Crippen LogP contribution in [0.3, 0.4) is 0 Å². The van der Waals surface area contributed by atoms with Crippen molar-refractivity contribution in [3.8, 4) is 0 Å². The molecule has 0 saturated heterocycles. The normalized spacial score (nSPS) is 10.7. The second-order valence-electron chi connectivity index (χ2n) is 4.31. The summed E-state index contributed by atoms with van der Waals surface area (Å²) < 4.78 is 1.17. The number of aromatic nitrogens is 3. The van der Waals surface area contributed by atoms with E-state index < -0.39 is 4.92 Å². The van der Waals surface area contributed by atoms with Gasteiger partial charge in [0.1, 0.15) is 0 Å². The molecule has 0 unspecified atom stereocenters. The Morgan fingerprint density at radius 3 is 2.71 bits per heavy atom. The molecule has 3 rings (SSSR count). The lowest BCUT2D eigenvalue weighted by atomic mass is 10.2. The van der Waals surface area contributed by atoms with E-state index >= 15 is 0 Å². The number of rotatable bonds is 4. The highest BCUT2D eigenvalue weighted by molar-refractivity contribution is 6.28. The van der Waals surface area contributed by atoms with Gasteiger partial charge in [-0.05, 0) is 33.3 Å². The van der Waals surface area contributed by atoms with Crippen molar-refractivity contribution in [2.75, 3.05) is 5.32 Å². The van der Waals surface area contributed by atoms with Crippen molar-refractivity contribution in [2.45, 2.75) is 6.54 Å². The fourth-order valence-corrected chi connectivity index (χ4v) is 2.17. The molecule has 0 saturated carbocycles. The van der Waals surface area contributed by atoms with Crippen LogP contribution in [0.4, 0.5) is 11.6 Å². The van der Waals surface area contributed by atoms with Crippen LogP contribution in [-0.4, -0.2) is 19.5 Å². The van der Waals surface area contributed by atoms with E-state index in [-0.39, 0.29) is 11.1 Å². The molecule has 1 aromatic carbocycles. The van der Waals surface area contributed by atoms with Crippen molar-refractivity contribution in [1.29, 1.82) is 0 Å². The molecule has 0 bridgehead atoms. The van der Waals surface area contributed by atoms with Gasteiger partial charge in [-0.25, -0.2) is 0 Å². The number of benzene rings is 1. The van der Waals surface area contributed by atoms with E-state index in [4.69, 9.17) is 11.6 Å². The van der Waals surface area contributed by atoms with Crippen LogP contribution in [0.2, 0.25) is 5.28 Å². The minimum absolute atomic E-state index is 0.0580. The van der Waals surface area contributed by atoms with Gasteiger partial charge in [-0.15, -0.1) is 0 Å². The van der Waals surface area contributed by atoms with Crippen LogP contribution in [0.15, 0.2) is 42.5 Å². The summed E-state index contributed by atoms with van der Waals surface area (Å²) in [6.45, 7) is 0.531. The molecular weight excluding hydrogens is 294 g/mol. The highest BCUT2D eigenvalue weighted by Crippen LogP contribution is 2.23. The van der Waals surface area contributed by atoms with Gasteiger partial charge in [0.25, 0.3) is 5.28 Å². The maximum atomic E-state index is 10.9. The second-order valence-corrected chi connectivity index (χ2v) is 4.65. The smallest absolute Gasteiger partial charge is 0.348 e. The maximum Gasteiger partial charge on any atom is 0.348 e. The van der Waals surface area contributed by atoms with Gasteiger partial charge in [-0.2, -0.15) is 4.98 Å². The highest BCUT2D eigenvalue weighted by atomic mass is 35.5. The van der Waals surface area contributed by atoms with E-state index in [1.54, 1.807) is 6.07 Å². The summed E-state index contributed by atoms with van der Waals surface area (Å²) in [5.41, 5.74) is 1.56. The van der Waals surface area contributed by atoms with E-state index in [2.05, 4.69) is 15.4 Å². The lowest BCUT2D eigenvalue weighted by molar-refractivity contribution is -0.390. The number of fused-ring (bicyclic) bond motifs is 1. The molecule has 0 fully saturated rings. The zero-order chi connectivity index (χ0) is 14.8. The lowest BCUT2D eigenvalue weighted by Gasteiger charge is -2.05. The quantitative estimate of drug-likeness (QED) is 0.591. The number of hydrogen-bond donors (Lipinski definition) is 1. The number of anilines is 1. The molecule has 0 aliphatic carbocycles. The van der Waals surface area contributed by atoms with Gasteiger partial charge >= 0.3 is 5.82 Å². The first-order chi connectivity index (χ1) is 10.1. The molecule has 21 heavy (non-hydrogen) atoms. The van der Waals surface area contributed by atoms with E-state index in [0.29, 0.717) is 17.9 Å². The van der Waals surface area contributed by atoms with Crippen molar-refractivity contribution in [2.24, 2.45) is 0 Å². The van der Waals surface area contributed by atoms with E-state index in [1.165, 1.54) is 10.6 Å². The summed E-state index contributed by atoms with van der Waals surface area (Å²) in [5, 5.41) is 17.9. The van der Waals surface area contributed by atoms with Crippen molar-refractivity contribution in [3.05, 3.63) is 63.4 Å². The Balaban J connectivity index is 1.97. The lowest BCUT2D eigenvalue weighted by Crippen LogP contribution is -2.06. The van der Waals surface area contributed by atoms with Crippen molar-refractivity contribution >= 4 is 28.8 Å². The van der Waals surface area contributed by atoms with Crippen molar-refractivity contribution in [3.63, 3.8) is 0 Å². The molecular formula is C13H10ClN5O2. The van der Waals surface area contributed by atoms with E-state index in [9.17, 15) is 10.1 Å². The van der Waals surface area contributed by atoms with Gasteiger partial charge < -0.3 is 15.4 Å². The summed E-state index contributed by atoms with van der Waals surface area (Å²) in [5.74, 6) is 0.295. The summed E-state index contributed by atoms with van der Waals surface area (Å²) in [7, 11) is 0. The van der Waals surface area contributed by atoms with E-state index in [0.717, 1.165) is 5.56 Å². The average Bonchev–Trinajstić information content (AvgIpc) is 2.89. The standard InChI is InChI=1S/C13H10ClN5O2/c14-13-16-12(15-8-9-4-2-1-3-5-9)10-6-7-11(19(20)21)18(10)17-13/h1-7H,8H2,(H,15,16,17). The van der Waals surface area contributed by atoms with Crippen LogP contribution in [0.1, 0.15) is 5.56 Å². The molecule has 1 N–H and O–H groups in total. The Labute approximate surface area is 124 Å². The average molecular weight is 304 g/mol. The molecule has 0 amide bonds. The molecule has 8 heteroatoms. The first-order valence-corrected chi connectivity index (χ1v) is 6.50. The fourth-order valence-electron chi connectivity index (χ4n) is 2.01. The van der Waals surface area contributed by atoms with Gasteiger partial charge in [0.05, 0.1) is 0 Å². The Morgan fingerprint density at radius 1 is 1.24 bits per heavy atom. The number of halogens is 1. The Kier molecular flexibility index (Phi) is 3.41. The molecule has 0 aliphatic heterocycles. The first-order valence-electron chi connectivity index (χ1n) is 6.12. The molecule has 0 atom stereocenters. The third kappa shape index (κ3) is 2.63. The SMILES string of the molecule is O=[N+]([O-])c1ccc2c(NCc3ccccc3)nc(Cl)nn12. The van der Waals surface area contributed by atoms with Crippen LogP contribution in [0.25, 0.3) is 5.52 Å². The number of nitro groups is 1. The summed E-state index contributed by atoms with van der Waals surface area (Å²) >= 11 is 5.83. The van der Waals surface area contributed by atoms with Gasteiger partial charge in [-0.3, -0.25) is 0 Å². The monoisotopic (exact) mass is 303 g/mol. The summed E-state index contributed by atoms with van der Waals surface area (Å²) in [4.78, 5) is 14.5. The highest BCUT2D eigenvalue weighted by Gasteiger charge is 2.19. The first kappa shape index (κ1) is 13.3. The van der Waals surface area contributed by atoms with Crippen LogP contribution in [0, 0.1) is 10.1 Å². The molecule has 2 heterocycles. The molecule has 3 aromatic rings. The summed E-state index contributed by atoms with van der Waals surface area (Å²) in [6.07, 6.45) is 0. The minimum atomic E-state index is -0.517. The molecule has 7 nitrogen and oxygen atoms in total. The van der Waals surface area contributed by atoms with Crippen LogP contribution < -0.4 is 5.32 Å². The predicted octanol–water partition coefficient (Wildman–Crippen LogP) is 2.90. The van der Waals surface area contributed by atoms with Crippen LogP contribution >= 0.6 is 11.6 Å². The second kappa shape index (κ2) is 5.37. The third-order valence-corrected chi connectivity index (χ3v) is 3.11. The van der Waals surface area contributed by atoms with Gasteiger partial charge in [0.15, 0.2) is 11.3 Å². The zero-order valence-corrected chi connectivity index (χ0v) is 11.5. The number of hydrogen-bond acceptors (Lipinski definition) is 5. The Bertz CT molecular complexity index is 803.